The number of piperazine rings is 1. The molecule has 0 aliphatic carbocycles. The first-order chi connectivity index (χ1) is 11.3. The zero-order valence-corrected chi connectivity index (χ0v) is 14.2. The maximum Gasteiger partial charge on any atom is 0.427 e. The molecule has 3 unspecified atom stereocenters. The van der Waals surface area contributed by atoms with Crippen molar-refractivity contribution in [2.75, 3.05) is 6.54 Å². The lowest BCUT2D eigenvalue weighted by Gasteiger charge is -2.55. The summed E-state index contributed by atoms with van der Waals surface area (Å²) in [4.78, 5) is 13.8. The summed E-state index contributed by atoms with van der Waals surface area (Å²) >= 11 is 0. The molecule has 1 saturated heterocycles. The number of carbonyl (C=O) groups excluding carboxylic acids is 1. The minimum Gasteiger partial charge on any atom is -0.434 e. The van der Waals surface area contributed by atoms with E-state index in [1.165, 1.54) is 4.90 Å². The van der Waals surface area contributed by atoms with Crippen LogP contribution in [0.5, 0.6) is 0 Å². The molecule has 0 N–H and O–H groups in total. The Hall–Kier alpha value is -0.930. The lowest BCUT2D eigenvalue weighted by molar-refractivity contribution is -0.331. The van der Waals surface area contributed by atoms with Gasteiger partial charge < -0.3 is 14.5 Å². The molecular formula is C12H14B4F6N2O2. The second-order valence-corrected chi connectivity index (χ2v) is 6.88. The molecule has 0 aromatic rings. The number of carbonyl (C=O) groups is 1. The van der Waals surface area contributed by atoms with E-state index in [1.54, 1.807) is 20.8 Å². The zero-order chi connectivity index (χ0) is 20.9. The first kappa shape index (κ1) is 23.1. The van der Waals surface area contributed by atoms with Gasteiger partial charge in [-0.25, -0.2) is 4.79 Å². The molecule has 14 heteroatoms. The Morgan fingerprint density at radius 3 is 1.73 bits per heavy atom. The third-order valence-electron chi connectivity index (χ3n) is 3.87. The molecule has 1 aliphatic rings. The van der Waals surface area contributed by atoms with Crippen molar-refractivity contribution in [1.82, 2.24) is 9.80 Å². The van der Waals surface area contributed by atoms with Crippen LogP contribution in [0.3, 0.4) is 0 Å². The van der Waals surface area contributed by atoms with Gasteiger partial charge in [0.25, 0.3) is 5.50 Å². The Kier molecular flexibility index (Phi) is 6.14. The molecule has 8 radical (unpaired) electrons. The number of amides is 1. The molecule has 1 heterocycles. The van der Waals surface area contributed by atoms with Gasteiger partial charge in [-0.15, -0.1) is 0 Å². The minimum atomic E-state index is -6.11. The lowest BCUT2D eigenvalue weighted by atomic mass is 9.69. The fourth-order valence-electron chi connectivity index (χ4n) is 2.59. The van der Waals surface area contributed by atoms with Gasteiger partial charge in [0, 0.05) is 18.0 Å². The highest BCUT2D eigenvalue weighted by atomic mass is 19.4. The van der Waals surface area contributed by atoms with Gasteiger partial charge >= 0.3 is 18.4 Å². The molecule has 3 atom stereocenters. The summed E-state index contributed by atoms with van der Waals surface area (Å²) in [6, 6.07) is 0. The van der Waals surface area contributed by atoms with Crippen molar-refractivity contribution in [2.45, 2.75) is 62.0 Å². The Labute approximate surface area is 152 Å². The molecule has 0 bridgehead atoms. The predicted molar refractivity (Wildman–Crippen MR) is 84.0 cm³/mol. The van der Waals surface area contributed by atoms with Crippen molar-refractivity contribution in [3.05, 3.63) is 0 Å². The van der Waals surface area contributed by atoms with Crippen LogP contribution in [-0.2, 0) is 4.74 Å². The van der Waals surface area contributed by atoms with E-state index in [2.05, 4.69) is 12.6 Å². The van der Waals surface area contributed by atoms with E-state index in [0.29, 0.717) is 4.90 Å². The van der Waals surface area contributed by atoms with Crippen molar-refractivity contribution in [1.29, 1.82) is 0 Å². The van der Waals surface area contributed by atoms with E-state index in [4.69, 9.17) is 23.5 Å². The van der Waals surface area contributed by atoms with Crippen LogP contribution in [0, 0.1) is 0 Å². The van der Waals surface area contributed by atoms with Gasteiger partial charge in [-0.05, 0) is 32.7 Å². The van der Waals surface area contributed by atoms with Crippen molar-refractivity contribution in [3.63, 3.8) is 0 Å². The summed E-state index contributed by atoms with van der Waals surface area (Å²) in [5, 5.41) is 0. The quantitative estimate of drug-likeness (QED) is 0.507. The molecule has 1 aliphatic heterocycles. The van der Waals surface area contributed by atoms with Crippen LogP contribution in [0.25, 0.3) is 0 Å². The van der Waals surface area contributed by atoms with E-state index < -0.39 is 53.9 Å². The summed E-state index contributed by atoms with van der Waals surface area (Å²) in [6.45, 7) is 4.62. The number of ether oxygens (including phenoxy) is 1. The Morgan fingerprint density at radius 1 is 0.962 bits per heavy atom. The van der Waals surface area contributed by atoms with Gasteiger partial charge in [0.15, 0.2) is 7.85 Å². The maximum absolute atomic E-state index is 12.8. The molecule has 1 rings (SSSR count). The van der Waals surface area contributed by atoms with Gasteiger partial charge in [-0.2, -0.15) is 26.3 Å². The summed E-state index contributed by atoms with van der Waals surface area (Å²) in [7, 11) is 21.8. The van der Waals surface area contributed by atoms with Gasteiger partial charge in [0.2, 0.25) is 0 Å². The fraction of sp³-hybridized carbons (Fsp3) is 0.917. The van der Waals surface area contributed by atoms with Gasteiger partial charge in [-0.3, -0.25) is 0 Å². The molecule has 0 aromatic carbocycles. The zero-order valence-electron chi connectivity index (χ0n) is 14.2. The summed E-state index contributed by atoms with van der Waals surface area (Å²) in [5.74, 6) is -3.66. The number of rotatable bonds is 1. The molecule has 138 valence electrons. The summed E-state index contributed by atoms with van der Waals surface area (Å²) in [5.41, 5.74) is -5.84. The average Bonchev–Trinajstić information content (AvgIpc) is 2.38. The van der Waals surface area contributed by atoms with Crippen LogP contribution in [0.1, 0.15) is 20.8 Å². The van der Waals surface area contributed by atoms with Crippen LogP contribution < -0.4 is 0 Å². The summed E-state index contributed by atoms with van der Waals surface area (Å²) < 4.78 is 80.2. The highest BCUT2D eigenvalue weighted by molar-refractivity contribution is 6.23. The van der Waals surface area contributed by atoms with Gasteiger partial charge in [0.1, 0.15) is 7.85 Å². The van der Waals surface area contributed by atoms with Crippen LogP contribution in [-0.4, -0.2) is 95.0 Å². The van der Waals surface area contributed by atoms with E-state index >= 15 is 0 Å². The molecule has 0 spiro atoms. The van der Waals surface area contributed by atoms with Crippen LogP contribution in [0.4, 0.5) is 31.1 Å². The first-order valence-electron chi connectivity index (χ1n) is 7.31. The Balaban J connectivity index is 3.11. The maximum atomic E-state index is 12.8. The largest absolute Gasteiger partial charge is 0.434 e. The van der Waals surface area contributed by atoms with Gasteiger partial charge in [-0.1, -0.05) is 0 Å². The second-order valence-electron chi connectivity index (χ2n) is 6.88. The molecule has 0 aromatic heterocycles. The summed E-state index contributed by atoms with van der Waals surface area (Å²) in [6.07, 6.45) is -14.3. The van der Waals surface area contributed by atoms with E-state index in [-0.39, 0.29) is 0 Å². The number of hydrogen-bond acceptors (Lipinski definition) is 3. The van der Waals surface area contributed by atoms with Crippen LogP contribution >= 0.6 is 0 Å². The monoisotopic (exact) mass is 376 g/mol. The molecule has 0 saturated carbocycles. The molecular weight excluding hydrogens is 361 g/mol. The second kappa shape index (κ2) is 6.91. The normalized spacial score (nSPS) is 26.7. The predicted octanol–water partition coefficient (Wildman–Crippen LogP) is 1.01. The number of hydrogen-bond donors (Lipinski definition) is 0. The lowest BCUT2D eigenvalue weighted by Crippen LogP contribution is -2.71. The highest BCUT2D eigenvalue weighted by Gasteiger charge is 2.70. The number of alkyl halides is 6. The molecule has 4 nitrogen and oxygen atoms in total. The van der Waals surface area contributed by atoms with Crippen molar-refractivity contribution >= 4 is 37.5 Å². The van der Waals surface area contributed by atoms with E-state index in [9.17, 15) is 31.1 Å². The molecule has 1 amide bonds. The highest BCUT2D eigenvalue weighted by Crippen LogP contribution is 2.44. The van der Waals surface area contributed by atoms with Gasteiger partial charge in [0.05, 0.1) is 15.7 Å². The minimum absolute atomic E-state index is 0.386. The molecule has 1 fully saturated rings. The third-order valence-corrected chi connectivity index (χ3v) is 3.87. The van der Waals surface area contributed by atoms with Crippen molar-refractivity contribution < 1.29 is 35.9 Å². The fourth-order valence-corrected chi connectivity index (χ4v) is 2.59. The molecule has 26 heavy (non-hydrogen) atoms. The van der Waals surface area contributed by atoms with E-state index in [0.717, 1.165) is 0 Å². The van der Waals surface area contributed by atoms with Crippen molar-refractivity contribution in [2.24, 2.45) is 0 Å². The number of halogens is 6. The van der Waals surface area contributed by atoms with Crippen LogP contribution in [0.15, 0.2) is 0 Å². The van der Waals surface area contributed by atoms with Crippen molar-refractivity contribution in [3.8, 4) is 0 Å². The topological polar surface area (TPSA) is 32.8 Å². The number of nitrogens with zero attached hydrogens (tertiary/aromatic N) is 2. The average molecular weight is 375 g/mol. The Morgan fingerprint density at radius 2 is 1.38 bits per heavy atom. The third kappa shape index (κ3) is 4.14. The first-order valence-corrected chi connectivity index (χ1v) is 7.31. The van der Waals surface area contributed by atoms with E-state index in [1.807, 2.05) is 0 Å². The smallest absolute Gasteiger partial charge is 0.427 e. The SMILES string of the molecule is [B]C1C([B])N(C(C)(C)C)C([B])CN1C(=O)OC([B])(C(F)(F)F)C(F)(F)F. The Bertz CT molecular complexity index is 525. The standard InChI is InChI=1S/C12H14B4F6N2O2/c1-9(2,3)24-5(13)4-23(6(14)7(24)15)8(25)26-10(16,11(17,18)19)12(20,21)22/h5-7H,4H2,1-3H3. The van der Waals surface area contributed by atoms with Crippen LogP contribution in [0.2, 0.25) is 0 Å².